The minimum absolute atomic E-state index is 0. The van der Waals surface area contributed by atoms with Crippen LogP contribution in [-0.4, -0.2) is 10.9 Å². The van der Waals surface area contributed by atoms with E-state index in [0.717, 1.165) is 21.5 Å². The molecule has 5 rings (SSSR count). The third-order valence-electron chi connectivity index (χ3n) is 4.81. The number of carbonyl (C=O) groups is 1. The van der Waals surface area contributed by atoms with Crippen molar-refractivity contribution in [2.24, 2.45) is 0 Å². The van der Waals surface area contributed by atoms with Gasteiger partial charge in [-0.1, -0.05) is 60.7 Å². The topological polar surface area (TPSA) is 67.5 Å². The van der Waals surface area contributed by atoms with Gasteiger partial charge in [-0.3, -0.25) is 9.59 Å². The molecule has 0 fully saturated rings. The monoisotopic (exact) mass is 1420 g/mol. The van der Waals surface area contributed by atoms with E-state index in [1.54, 1.807) is 12.1 Å². The average Bonchev–Trinajstić information content (AvgIpc) is 2.73. The molecule has 0 bridgehead atoms. The molecule has 0 amide bonds. The van der Waals surface area contributed by atoms with Crippen molar-refractivity contribution in [1.29, 1.82) is 0 Å². The quantitative estimate of drug-likeness (QED) is 0.104. The fraction of sp³-hybridized carbons (Fsp3) is 0.0323. The Balaban J connectivity index is -0.0000000553. The van der Waals surface area contributed by atoms with Gasteiger partial charge in [-0.15, -0.1) is 0 Å². The Morgan fingerprint density at radius 1 is 0.659 bits per heavy atom. The van der Waals surface area contributed by atoms with Crippen molar-refractivity contribution in [3.63, 3.8) is 0 Å². The standard InChI is InChI=1S/C13H8O2.C12H10O2.6CH3.2U.2V.2W/c14-11-7-8-15-12-6-5-9-3-1-2-4-10(9)13(11)12;1-8(13)12-10-5-3-2-4-9(10)6-7-11(12)14;;;;;;;;;;;;/h1-8H;2-7,14H,1H3;6*1H3;;;;;;/q;;6*-1;;;;;;. The van der Waals surface area contributed by atoms with Gasteiger partial charge in [-0.05, 0) is 40.6 Å². The van der Waals surface area contributed by atoms with Crippen molar-refractivity contribution in [1.82, 2.24) is 0 Å². The SMILES string of the molecule is CC(=O)c1c(O)ccc2ccccc12.O=c1ccoc2ccc3ccccc3c12.[CH3-].[CH3-].[CH3-].[CH3-].[CH3-].[CH3-].[U].[U].[V].[V].[W].[W]. The molecular formula is C31H36O4U2V2W2-6. The zero-order valence-electron chi connectivity index (χ0n) is 24.5. The number of carbonyl (C=O) groups excluding carboxylic acids is 1. The first-order chi connectivity index (χ1) is 14.1. The molecule has 5 aromatic rings. The van der Waals surface area contributed by atoms with Crippen molar-refractivity contribution in [3.05, 3.63) is 145 Å². The summed E-state index contributed by atoms with van der Waals surface area (Å²) in [6.45, 7) is 1.46. The summed E-state index contributed by atoms with van der Waals surface area (Å²) in [4.78, 5) is 23.1. The van der Waals surface area contributed by atoms with Gasteiger partial charge in [0.25, 0.3) is 0 Å². The fourth-order valence-electron chi connectivity index (χ4n) is 3.49. The summed E-state index contributed by atoms with van der Waals surface area (Å²) < 4.78 is 5.30. The van der Waals surface area contributed by atoms with Crippen molar-refractivity contribution >= 4 is 38.3 Å². The van der Waals surface area contributed by atoms with E-state index in [2.05, 4.69) is 0 Å². The Kier molecular flexibility index (Phi) is 48.5. The Morgan fingerprint density at radius 2 is 1.10 bits per heavy atom. The fourth-order valence-corrected chi connectivity index (χ4v) is 3.49. The van der Waals surface area contributed by atoms with Crippen molar-refractivity contribution < 1.29 is 156 Å². The Morgan fingerprint density at radius 3 is 1.61 bits per heavy atom. The molecule has 0 saturated heterocycles. The summed E-state index contributed by atoms with van der Waals surface area (Å²) in [5.41, 5.74) is 1.05. The number of fused-ring (bicyclic) bond motifs is 4. The van der Waals surface area contributed by atoms with Gasteiger partial charge in [0.2, 0.25) is 0 Å². The van der Waals surface area contributed by atoms with Crippen LogP contribution in [0, 0.1) is 107 Å². The second kappa shape index (κ2) is 30.7. The van der Waals surface area contributed by atoms with E-state index in [-0.39, 0.29) is 203 Å². The third-order valence-corrected chi connectivity index (χ3v) is 4.81. The number of hydrogen-bond acceptors (Lipinski definition) is 4. The average molecular weight is 1420 g/mol. The van der Waals surface area contributed by atoms with Gasteiger partial charge in [0, 0.05) is 148 Å². The van der Waals surface area contributed by atoms with Crippen LogP contribution in [0.3, 0.4) is 0 Å². The van der Waals surface area contributed by atoms with Crippen molar-refractivity contribution in [3.8, 4) is 5.75 Å². The van der Waals surface area contributed by atoms with E-state index in [4.69, 9.17) is 4.42 Å². The molecule has 0 spiro atoms. The maximum absolute atomic E-state index is 11.7. The number of hydrogen-bond donors (Lipinski definition) is 1. The van der Waals surface area contributed by atoms with Gasteiger partial charge in [0.05, 0.1) is 17.2 Å². The molecule has 4 aromatic carbocycles. The molecule has 2 radical (unpaired) electrons. The molecule has 10 heteroatoms. The van der Waals surface area contributed by atoms with E-state index in [1.165, 1.54) is 19.3 Å². The Labute approximate surface area is 347 Å². The van der Waals surface area contributed by atoms with Gasteiger partial charge in [0.15, 0.2) is 11.2 Å². The molecule has 1 heterocycles. The molecule has 1 N–H and O–H groups in total. The molecule has 0 aliphatic rings. The minimum Gasteiger partial charge on any atom is -0.507 e. The molecular weight excluding hydrogens is 1380 g/mol. The molecule has 0 unspecified atom stereocenters. The molecule has 0 aliphatic carbocycles. The zero-order valence-corrected chi connectivity index (χ0v) is 41.5. The summed E-state index contributed by atoms with van der Waals surface area (Å²) in [7, 11) is 0. The summed E-state index contributed by atoms with van der Waals surface area (Å²) in [5, 5.41) is 14.0. The van der Waals surface area contributed by atoms with Crippen LogP contribution < -0.4 is 5.43 Å². The number of phenolic OH excluding ortho intramolecular Hbond substituents is 1. The number of Topliss-reactive ketones (excluding diaryl/α,β-unsaturated/α-hetero) is 1. The molecule has 0 saturated carbocycles. The summed E-state index contributed by atoms with van der Waals surface area (Å²) in [5.74, 6) is -0.0597. The van der Waals surface area contributed by atoms with Crippen LogP contribution in [0.15, 0.2) is 94.3 Å². The van der Waals surface area contributed by atoms with Crippen LogP contribution in [0.4, 0.5) is 0 Å². The van der Waals surface area contributed by atoms with E-state index in [0.29, 0.717) is 16.5 Å². The summed E-state index contributed by atoms with van der Waals surface area (Å²) in [6, 6.07) is 23.9. The second-order valence-electron chi connectivity index (χ2n) is 6.68. The first-order valence-corrected chi connectivity index (χ1v) is 9.17. The predicted octanol–water partition coefficient (Wildman–Crippen LogP) is 8.39. The van der Waals surface area contributed by atoms with Gasteiger partial charge >= 0.3 is 0 Å². The molecule has 1 aromatic heterocycles. The van der Waals surface area contributed by atoms with E-state index in [9.17, 15) is 14.7 Å². The van der Waals surface area contributed by atoms with E-state index in [1.807, 2.05) is 60.7 Å². The van der Waals surface area contributed by atoms with Crippen LogP contribution in [0.2, 0.25) is 0 Å². The molecule has 41 heavy (non-hydrogen) atoms. The first kappa shape index (κ1) is 64.6. The number of aromatic hydroxyl groups is 1. The maximum Gasteiger partial charge on any atom is 0.193 e. The van der Waals surface area contributed by atoms with Gasteiger partial charge < -0.3 is 54.1 Å². The van der Waals surface area contributed by atoms with Crippen LogP contribution in [0.1, 0.15) is 17.3 Å². The Hall–Kier alpha value is 0.729. The van der Waals surface area contributed by atoms with Gasteiger partial charge in [-0.25, -0.2) is 0 Å². The van der Waals surface area contributed by atoms with Gasteiger partial charge in [-0.2, -0.15) is 0 Å². The molecule has 0 atom stereocenters. The minimum atomic E-state index is -0.112. The Bertz CT molecular complexity index is 1450. The molecule has 4 nitrogen and oxygen atoms in total. The van der Waals surface area contributed by atoms with Crippen molar-refractivity contribution in [2.45, 2.75) is 6.92 Å². The number of benzene rings is 4. The van der Waals surface area contributed by atoms with Crippen LogP contribution in [-0.2, 0) is 79.2 Å². The maximum atomic E-state index is 11.7. The largest absolute Gasteiger partial charge is 0.507 e. The molecule has 220 valence electrons. The van der Waals surface area contributed by atoms with Crippen LogP contribution in [0.5, 0.6) is 5.75 Å². The van der Waals surface area contributed by atoms with E-state index >= 15 is 0 Å². The second-order valence-corrected chi connectivity index (χ2v) is 6.68. The van der Waals surface area contributed by atoms with Crippen LogP contribution >= 0.6 is 0 Å². The normalized spacial score (nSPS) is 7.54. The number of phenols is 1. The van der Waals surface area contributed by atoms with Gasteiger partial charge in [0.1, 0.15) is 11.3 Å². The van der Waals surface area contributed by atoms with Crippen LogP contribution in [0.25, 0.3) is 32.5 Å². The van der Waals surface area contributed by atoms with E-state index < -0.39 is 0 Å². The van der Waals surface area contributed by atoms with Crippen molar-refractivity contribution in [2.75, 3.05) is 0 Å². The number of ketones is 1. The molecule has 0 aliphatic heterocycles. The third kappa shape index (κ3) is 15.5. The first-order valence-electron chi connectivity index (χ1n) is 9.17. The smallest absolute Gasteiger partial charge is 0.193 e. The summed E-state index contributed by atoms with van der Waals surface area (Å²) in [6.07, 6.45) is 1.43. The predicted molar refractivity (Wildman–Crippen MR) is 154 cm³/mol. The summed E-state index contributed by atoms with van der Waals surface area (Å²) >= 11 is 0. The zero-order chi connectivity index (χ0) is 20.4. The number of rotatable bonds is 1.